The van der Waals surface area contributed by atoms with Crippen molar-refractivity contribution in [2.24, 2.45) is 0 Å². The average Bonchev–Trinajstić information content (AvgIpc) is 2.36. The predicted octanol–water partition coefficient (Wildman–Crippen LogP) is 1.99. The summed E-state index contributed by atoms with van der Waals surface area (Å²) in [5.41, 5.74) is 0.715. The summed E-state index contributed by atoms with van der Waals surface area (Å²) in [7, 11) is 0. The highest BCUT2D eigenvalue weighted by molar-refractivity contribution is 6.38. The SMILES string of the molecule is CCCN(C(=O)C(=O)OCC)c1ccccc1. The Bertz CT molecular complexity index is 376. The smallest absolute Gasteiger partial charge is 0.397 e. The van der Waals surface area contributed by atoms with Gasteiger partial charge in [0.25, 0.3) is 0 Å². The molecule has 1 rings (SSSR count). The molecule has 4 nitrogen and oxygen atoms in total. The van der Waals surface area contributed by atoms with Crippen LogP contribution in [0.3, 0.4) is 0 Å². The lowest BCUT2D eigenvalue weighted by molar-refractivity contribution is -0.153. The molecule has 0 spiro atoms. The highest BCUT2D eigenvalue weighted by Crippen LogP contribution is 2.14. The lowest BCUT2D eigenvalue weighted by atomic mass is 10.2. The summed E-state index contributed by atoms with van der Waals surface area (Å²) in [6.07, 6.45) is 0.778. The number of para-hydroxylation sites is 1. The lowest BCUT2D eigenvalue weighted by Gasteiger charge is -2.20. The van der Waals surface area contributed by atoms with E-state index in [0.717, 1.165) is 6.42 Å². The fourth-order valence-electron chi connectivity index (χ4n) is 1.48. The Morgan fingerprint density at radius 1 is 1.18 bits per heavy atom. The van der Waals surface area contributed by atoms with Crippen molar-refractivity contribution in [2.75, 3.05) is 18.1 Å². The van der Waals surface area contributed by atoms with Gasteiger partial charge in [-0.15, -0.1) is 0 Å². The predicted molar refractivity (Wildman–Crippen MR) is 65.7 cm³/mol. The fourth-order valence-corrected chi connectivity index (χ4v) is 1.48. The van der Waals surface area contributed by atoms with Gasteiger partial charge >= 0.3 is 11.9 Å². The Morgan fingerprint density at radius 2 is 1.82 bits per heavy atom. The van der Waals surface area contributed by atoms with E-state index < -0.39 is 11.9 Å². The monoisotopic (exact) mass is 235 g/mol. The summed E-state index contributed by atoms with van der Waals surface area (Å²) in [5, 5.41) is 0. The number of ether oxygens (including phenoxy) is 1. The first kappa shape index (κ1) is 13.2. The van der Waals surface area contributed by atoms with Crippen LogP contribution in [0.2, 0.25) is 0 Å². The van der Waals surface area contributed by atoms with Gasteiger partial charge in [-0.1, -0.05) is 25.1 Å². The molecule has 0 aliphatic rings. The Labute approximate surface area is 101 Å². The molecule has 0 saturated heterocycles. The van der Waals surface area contributed by atoms with E-state index in [-0.39, 0.29) is 6.61 Å². The number of amides is 1. The van der Waals surface area contributed by atoms with Crippen molar-refractivity contribution in [1.82, 2.24) is 0 Å². The number of nitrogens with zero attached hydrogens (tertiary/aromatic N) is 1. The van der Waals surface area contributed by atoms with E-state index in [2.05, 4.69) is 0 Å². The van der Waals surface area contributed by atoms with Crippen molar-refractivity contribution in [3.63, 3.8) is 0 Å². The molecule has 0 heterocycles. The van der Waals surface area contributed by atoms with Crippen molar-refractivity contribution in [3.8, 4) is 0 Å². The van der Waals surface area contributed by atoms with Gasteiger partial charge in [0, 0.05) is 12.2 Å². The van der Waals surface area contributed by atoms with E-state index in [4.69, 9.17) is 4.74 Å². The van der Waals surface area contributed by atoms with Gasteiger partial charge in [0.2, 0.25) is 0 Å². The molecule has 92 valence electrons. The second kappa shape index (κ2) is 6.68. The third kappa shape index (κ3) is 3.59. The van der Waals surface area contributed by atoms with Crippen LogP contribution in [0.25, 0.3) is 0 Å². The van der Waals surface area contributed by atoms with Gasteiger partial charge in [-0.25, -0.2) is 4.79 Å². The van der Waals surface area contributed by atoms with Crippen LogP contribution in [0, 0.1) is 0 Å². The molecule has 4 heteroatoms. The standard InChI is InChI=1S/C13H17NO3/c1-3-10-14(11-8-6-5-7-9-11)12(15)13(16)17-4-2/h5-9H,3-4,10H2,1-2H3. The molecule has 0 radical (unpaired) electrons. The molecule has 0 aromatic heterocycles. The Hall–Kier alpha value is -1.84. The van der Waals surface area contributed by atoms with Crippen LogP contribution in [0.4, 0.5) is 5.69 Å². The van der Waals surface area contributed by atoms with E-state index in [1.54, 1.807) is 19.1 Å². The lowest BCUT2D eigenvalue weighted by Crippen LogP contribution is -2.38. The third-order valence-electron chi connectivity index (χ3n) is 2.21. The van der Waals surface area contributed by atoms with E-state index in [9.17, 15) is 9.59 Å². The molecule has 0 aliphatic heterocycles. The minimum atomic E-state index is -0.801. The van der Waals surface area contributed by atoms with Gasteiger partial charge in [-0.05, 0) is 25.5 Å². The van der Waals surface area contributed by atoms with E-state index in [1.807, 2.05) is 25.1 Å². The number of esters is 1. The van der Waals surface area contributed by atoms with Crippen molar-refractivity contribution >= 4 is 17.6 Å². The number of carbonyl (C=O) groups is 2. The van der Waals surface area contributed by atoms with Crippen LogP contribution >= 0.6 is 0 Å². The third-order valence-corrected chi connectivity index (χ3v) is 2.21. The van der Waals surface area contributed by atoms with Crippen LogP contribution < -0.4 is 4.90 Å². The topological polar surface area (TPSA) is 46.6 Å². The summed E-state index contributed by atoms with van der Waals surface area (Å²) in [5.74, 6) is -1.41. The van der Waals surface area contributed by atoms with E-state index in [1.165, 1.54) is 4.90 Å². The zero-order valence-corrected chi connectivity index (χ0v) is 10.2. The summed E-state index contributed by atoms with van der Waals surface area (Å²) >= 11 is 0. The number of rotatable bonds is 4. The Balaban J connectivity index is 2.86. The van der Waals surface area contributed by atoms with E-state index in [0.29, 0.717) is 12.2 Å². The highest BCUT2D eigenvalue weighted by Gasteiger charge is 2.23. The largest absolute Gasteiger partial charge is 0.459 e. The number of benzene rings is 1. The van der Waals surface area contributed by atoms with Crippen molar-refractivity contribution < 1.29 is 14.3 Å². The number of anilines is 1. The first-order valence-electron chi connectivity index (χ1n) is 5.74. The van der Waals surface area contributed by atoms with Crippen LogP contribution in [-0.4, -0.2) is 25.0 Å². The molecular formula is C13H17NO3. The summed E-state index contributed by atoms with van der Waals surface area (Å²) in [6.45, 7) is 4.34. The average molecular weight is 235 g/mol. The molecule has 1 amide bonds. The Kier molecular flexibility index (Phi) is 5.20. The maximum absolute atomic E-state index is 11.9. The number of hydrogen-bond acceptors (Lipinski definition) is 3. The maximum atomic E-state index is 11.9. The molecule has 0 bridgehead atoms. The van der Waals surface area contributed by atoms with Crippen LogP contribution in [0.15, 0.2) is 30.3 Å². The van der Waals surface area contributed by atoms with Crippen LogP contribution in [0.5, 0.6) is 0 Å². The van der Waals surface area contributed by atoms with Crippen LogP contribution in [-0.2, 0) is 14.3 Å². The molecule has 17 heavy (non-hydrogen) atoms. The minimum absolute atomic E-state index is 0.208. The van der Waals surface area contributed by atoms with E-state index >= 15 is 0 Å². The quantitative estimate of drug-likeness (QED) is 0.592. The number of hydrogen-bond donors (Lipinski definition) is 0. The molecule has 0 unspecified atom stereocenters. The second-order valence-electron chi connectivity index (χ2n) is 3.51. The summed E-state index contributed by atoms with van der Waals surface area (Å²) in [6, 6.07) is 9.12. The van der Waals surface area contributed by atoms with Crippen molar-refractivity contribution in [1.29, 1.82) is 0 Å². The van der Waals surface area contributed by atoms with Crippen LogP contribution in [0.1, 0.15) is 20.3 Å². The zero-order chi connectivity index (χ0) is 12.7. The molecule has 1 aromatic rings. The molecule has 0 atom stereocenters. The van der Waals surface area contributed by atoms with Crippen molar-refractivity contribution in [2.45, 2.75) is 20.3 Å². The van der Waals surface area contributed by atoms with Crippen molar-refractivity contribution in [3.05, 3.63) is 30.3 Å². The summed E-state index contributed by atoms with van der Waals surface area (Å²) in [4.78, 5) is 24.7. The molecule has 0 saturated carbocycles. The van der Waals surface area contributed by atoms with Gasteiger partial charge in [0.15, 0.2) is 0 Å². The number of carbonyl (C=O) groups excluding carboxylic acids is 2. The van der Waals surface area contributed by atoms with Gasteiger partial charge in [-0.2, -0.15) is 0 Å². The molecule has 1 aromatic carbocycles. The Morgan fingerprint density at radius 3 is 2.35 bits per heavy atom. The van der Waals surface area contributed by atoms with Gasteiger partial charge in [-0.3, -0.25) is 4.79 Å². The van der Waals surface area contributed by atoms with Gasteiger partial charge < -0.3 is 9.64 Å². The minimum Gasteiger partial charge on any atom is -0.459 e. The molecule has 0 fully saturated rings. The molecular weight excluding hydrogens is 218 g/mol. The normalized spacial score (nSPS) is 9.76. The molecule has 0 aliphatic carbocycles. The maximum Gasteiger partial charge on any atom is 0.397 e. The van der Waals surface area contributed by atoms with Gasteiger partial charge in [0.05, 0.1) is 6.61 Å². The van der Waals surface area contributed by atoms with Gasteiger partial charge in [0.1, 0.15) is 0 Å². The first-order chi connectivity index (χ1) is 8.20. The zero-order valence-electron chi connectivity index (χ0n) is 10.2. The highest BCUT2D eigenvalue weighted by atomic mass is 16.5. The first-order valence-corrected chi connectivity index (χ1v) is 5.74. The molecule has 0 N–H and O–H groups in total. The second-order valence-corrected chi connectivity index (χ2v) is 3.51. The summed E-state index contributed by atoms with van der Waals surface area (Å²) < 4.78 is 4.72. The fraction of sp³-hybridized carbons (Fsp3) is 0.385.